The maximum Gasteiger partial charge on any atom is 0.321 e. The molecule has 2 rings (SSSR count). The summed E-state index contributed by atoms with van der Waals surface area (Å²) in [6.07, 6.45) is 1.11. The van der Waals surface area contributed by atoms with E-state index in [1.165, 1.54) is 0 Å². The number of carbonyl (C=O) groups is 2. The Bertz CT molecular complexity index is 883. The summed E-state index contributed by atoms with van der Waals surface area (Å²) in [4.78, 5) is 26.6. The zero-order valence-corrected chi connectivity index (χ0v) is 19.5. The molecule has 1 aliphatic rings. The highest BCUT2D eigenvalue weighted by molar-refractivity contribution is 7.90. The molecule has 1 aliphatic heterocycles. The van der Waals surface area contributed by atoms with Crippen molar-refractivity contribution >= 4 is 27.6 Å². The summed E-state index contributed by atoms with van der Waals surface area (Å²) in [7, 11) is -3.42. The van der Waals surface area contributed by atoms with E-state index in [0.29, 0.717) is 37.2 Å². The fourth-order valence-electron chi connectivity index (χ4n) is 3.13. The molecule has 0 saturated carbocycles. The van der Waals surface area contributed by atoms with Crippen LogP contribution in [0.25, 0.3) is 0 Å². The molecule has 0 bridgehead atoms. The van der Waals surface area contributed by atoms with Gasteiger partial charge in [-0.05, 0) is 78.1 Å². The van der Waals surface area contributed by atoms with Gasteiger partial charge in [0.15, 0.2) is 0 Å². The van der Waals surface area contributed by atoms with Crippen molar-refractivity contribution in [3.05, 3.63) is 29.3 Å². The number of amides is 3. The number of anilines is 1. The van der Waals surface area contributed by atoms with E-state index < -0.39 is 14.8 Å². The molecule has 1 fully saturated rings. The number of sulfonamides is 1. The van der Waals surface area contributed by atoms with E-state index in [2.05, 4.69) is 15.4 Å². The van der Waals surface area contributed by atoms with Gasteiger partial charge in [-0.3, -0.25) is 4.79 Å². The fourth-order valence-corrected chi connectivity index (χ4v) is 4.16. The summed E-state index contributed by atoms with van der Waals surface area (Å²) in [6, 6.07) is 4.84. The fraction of sp³-hybridized carbons (Fsp3) is 0.619. The number of benzene rings is 1. The van der Waals surface area contributed by atoms with Crippen LogP contribution in [0.5, 0.6) is 0 Å². The third-order valence-electron chi connectivity index (χ3n) is 4.92. The Morgan fingerprint density at radius 2 is 1.70 bits per heavy atom. The Morgan fingerprint density at radius 3 is 2.23 bits per heavy atom. The first-order chi connectivity index (χ1) is 13.8. The average molecular weight is 439 g/mol. The van der Waals surface area contributed by atoms with Crippen LogP contribution in [0.1, 0.15) is 63.4 Å². The van der Waals surface area contributed by atoms with E-state index in [0.717, 1.165) is 5.56 Å². The van der Waals surface area contributed by atoms with Crippen molar-refractivity contribution in [2.45, 2.75) is 71.2 Å². The van der Waals surface area contributed by atoms with E-state index >= 15 is 0 Å². The lowest BCUT2D eigenvalue weighted by Gasteiger charge is -2.33. The Kier molecular flexibility index (Phi) is 7.52. The van der Waals surface area contributed by atoms with Crippen molar-refractivity contribution in [2.75, 3.05) is 18.4 Å². The van der Waals surface area contributed by atoms with Crippen LogP contribution in [0.2, 0.25) is 0 Å². The molecule has 168 valence electrons. The van der Waals surface area contributed by atoms with Crippen molar-refractivity contribution < 1.29 is 18.0 Å². The molecule has 9 heteroatoms. The zero-order chi connectivity index (χ0) is 22.7. The minimum absolute atomic E-state index is 0.0213. The predicted molar refractivity (Wildman–Crippen MR) is 119 cm³/mol. The molecule has 0 spiro atoms. The molecular weight excluding hydrogens is 404 g/mol. The summed E-state index contributed by atoms with van der Waals surface area (Å²) in [5, 5.41) is 5.70. The Labute approximate surface area is 179 Å². The molecule has 0 unspecified atom stereocenters. The van der Waals surface area contributed by atoms with Crippen LogP contribution < -0.4 is 15.4 Å². The van der Waals surface area contributed by atoms with Crippen LogP contribution in [0, 0.1) is 6.92 Å². The zero-order valence-electron chi connectivity index (χ0n) is 18.7. The van der Waals surface area contributed by atoms with Gasteiger partial charge in [0, 0.05) is 36.4 Å². The Hall–Kier alpha value is -2.13. The highest BCUT2D eigenvalue weighted by Gasteiger charge is 2.33. The highest BCUT2D eigenvalue weighted by atomic mass is 32.2. The number of carbonyl (C=O) groups excluding carboxylic acids is 2. The van der Waals surface area contributed by atoms with Gasteiger partial charge in [0.05, 0.1) is 4.75 Å². The van der Waals surface area contributed by atoms with E-state index in [4.69, 9.17) is 0 Å². The number of aryl methyl sites for hydroxylation is 1. The minimum Gasteiger partial charge on any atom is -0.350 e. The van der Waals surface area contributed by atoms with Gasteiger partial charge < -0.3 is 15.5 Å². The van der Waals surface area contributed by atoms with Crippen molar-refractivity contribution in [3.8, 4) is 0 Å². The first-order valence-corrected chi connectivity index (χ1v) is 11.8. The quantitative estimate of drug-likeness (QED) is 0.657. The minimum atomic E-state index is -3.42. The summed E-state index contributed by atoms with van der Waals surface area (Å²) in [5.74, 6) is -0.184. The first-order valence-electron chi connectivity index (χ1n) is 10.3. The lowest BCUT2D eigenvalue weighted by Crippen LogP contribution is -2.50. The molecular formula is C21H34N4O4S. The smallest absolute Gasteiger partial charge is 0.321 e. The molecule has 1 aromatic carbocycles. The van der Waals surface area contributed by atoms with Crippen molar-refractivity contribution in [3.63, 3.8) is 0 Å². The Morgan fingerprint density at radius 1 is 1.10 bits per heavy atom. The molecule has 0 atom stereocenters. The van der Waals surface area contributed by atoms with E-state index in [-0.39, 0.29) is 24.0 Å². The van der Waals surface area contributed by atoms with Crippen molar-refractivity contribution in [2.24, 2.45) is 0 Å². The lowest BCUT2D eigenvalue weighted by atomic mass is 10.1. The maximum absolute atomic E-state index is 12.7. The van der Waals surface area contributed by atoms with Crippen molar-refractivity contribution in [1.82, 2.24) is 14.9 Å². The number of urea groups is 1. The van der Waals surface area contributed by atoms with Crippen LogP contribution in [0.3, 0.4) is 0 Å². The standard InChI is InChI=1S/C21H34N4O4S/c1-14(2)22-19(26)16-11-15(3)12-18(13-16)23-20(27)25-9-7-17(8-10-25)24-30(28,29)21(4,5)6/h11-14,17,24H,7-10H2,1-6H3,(H,22,26)(H,23,27). The molecule has 0 radical (unpaired) electrons. The van der Waals surface area contributed by atoms with Crippen LogP contribution >= 0.6 is 0 Å². The van der Waals surface area contributed by atoms with Crippen molar-refractivity contribution in [1.29, 1.82) is 0 Å². The summed E-state index contributed by atoms with van der Waals surface area (Å²) < 4.78 is 26.5. The van der Waals surface area contributed by atoms with Gasteiger partial charge in [0.1, 0.15) is 0 Å². The number of nitrogens with one attached hydrogen (secondary N) is 3. The molecule has 30 heavy (non-hydrogen) atoms. The van der Waals surface area contributed by atoms with Crippen LogP contribution in [-0.4, -0.2) is 55.2 Å². The third kappa shape index (κ3) is 6.43. The number of piperidine rings is 1. The molecule has 3 N–H and O–H groups in total. The van der Waals surface area contributed by atoms with Gasteiger partial charge in [-0.2, -0.15) is 0 Å². The van der Waals surface area contributed by atoms with E-state index in [1.807, 2.05) is 26.8 Å². The molecule has 3 amide bonds. The number of hydrogen-bond donors (Lipinski definition) is 3. The van der Waals surface area contributed by atoms with Crippen LogP contribution in [0.4, 0.5) is 10.5 Å². The van der Waals surface area contributed by atoms with Gasteiger partial charge in [-0.1, -0.05) is 0 Å². The average Bonchev–Trinajstić information content (AvgIpc) is 2.60. The summed E-state index contributed by atoms with van der Waals surface area (Å²) in [5.41, 5.74) is 1.93. The van der Waals surface area contributed by atoms with E-state index in [9.17, 15) is 18.0 Å². The highest BCUT2D eigenvalue weighted by Crippen LogP contribution is 2.20. The molecule has 1 saturated heterocycles. The van der Waals surface area contributed by atoms with Crippen LogP contribution in [0.15, 0.2) is 18.2 Å². The molecule has 0 aliphatic carbocycles. The summed E-state index contributed by atoms with van der Waals surface area (Å²) in [6.45, 7) is 11.5. The van der Waals surface area contributed by atoms with Gasteiger partial charge in [0.2, 0.25) is 10.0 Å². The second kappa shape index (κ2) is 9.34. The number of nitrogens with zero attached hydrogens (tertiary/aromatic N) is 1. The Balaban J connectivity index is 1.97. The second-order valence-electron chi connectivity index (χ2n) is 9.14. The lowest BCUT2D eigenvalue weighted by molar-refractivity contribution is 0.0943. The SMILES string of the molecule is Cc1cc(NC(=O)N2CCC(NS(=O)(=O)C(C)(C)C)CC2)cc(C(=O)NC(C)C)c1. The largest absolute Gasteiger partial charge is 0.350 e. The topological polar surface area (TPSA) is 108 Å². The number of hydrogen-bond acceptors (Lipinski definition) is 4. The molecule has 0 aromatic heterocycles. The molecule has 8 nitrogen and oxygen atoms in total. The summed E-state index contributed by atoms with van der Waals surface area (Å²) >= 11 is 0. The van der Waals surface area contributed by atoms with Gasteiger partial charge >= 0.3 is 6.03 Å². The van der Waals surface area contributed by atoms with Gasteiger partial charge in [-0.15, -0.1) is 0 Å². The molecule has 1 aromatic rings. The number of likely N-dealkylation sites (tertiary alicyclic amines) is 1. The predicted octanol–water partition coefficient (Wildman–Crippen LogP) is 2.85. The normalized spacial score (nSPS) is 15.9. The maximum atomic E-state index is 12.7. The third-order valence-corrected chi connectivity index (χ3v) is 7.18. The first kappa shape index (κ1) is 24.1. The monoisotopic (exact) mass is 438 g/mol. The van der Waals surface area contributed by atoms with Gasteiger partial charge in [0.25, 0.3) is 5.91 Å². The van der Waals surface area contributed by atoms with Gasteiger partial charge in [-0.25, -0.2) is 17.9 Å². The number of rotatable bonds is 5. The molecule has 1 heterocycles. The second-order valence-corrected chi connectivity index (χ2v) is 11.6. The van der Waals surface area contributed by atoms with E-state index in [1.54, 1.807) is 37.8 Å². The van der Waals surface area contributed by atoms with Crippen LogP contribution in [-0.2, 0) is 10.0 Å².